The molecule has 0 saturated heterocycles. The van der Waals surface area contributed by atoms with Crippen molar-refractivity contribution in [3.8, 4) is 0 Å². The van der Waals surface area contributed by atoms with Gasteiger partial charge in [-0.2, -0.15) is 0 Å². The monoisotopic (exact) mass is 228 g/mol. The number of carbonyl (C=O) groups is 2. The van der Waals surface area contributed by atoms with Gasteiger partial charge in [-0.1, -0.05) is 5.16 Å². The van der Waals surface area contributed by atoms with Gasteiger partial charge in [-0.25, -0.2) is 4.79 Å². The number of aliphatic hydroxyl groups excluding tert-OH is 1. The van der Waals surface area contributed by atoms with Crippen LogP contribution in [0.4, 0.5) is 0 Å². The van der Waals surface area contributed by atoms with E-state index in [2.05, 4.69) is 15.0 Å². The van der Waals surface area contributed by atoms with Gasteiger partial charge in [0.1, 0.15) is 6.04 Å². The molecule has 0 fully saturated rings. The van der Waals surface area contributed by atoms with Gasteiger partial charge in [-0.15, -0.1) is 0 Å². The average molecular weight is 228 g/mol. The fourth-order valence-corrected chi connectivity index (χ4v) is 1.09. The molecule has 1 aromatic rings. The third-order valence-electron chi connectivity index (χ3n) is 1.87. The Morgan fingerprint density at radius 2 is 2.31 bits per heavy atom. The van der Waals surface area contributed by atoms with E-state index in [1.54, 1.807) is 6.92 Å². The molecule has 16 heavy (non-hydrogen) atoms. The van der Waals surface area contributed by atoms with Crippen LogP contribution in [0.15, 0.2) is 10.6 Å². The third-order valence-corrected chi connectivity index (χ3v) is 1.87. The molecule has 7 nitrogen and oxygen atoms in total. The summed E-state index contributed by atoms with van der Waals surface area (Å²) in [5.74, 6) is -1.93. The van der Waals surface area contributed by atoms with E-state index in [-0.39, 0.29) is 18.8 Å². The molecule has 1 unspecified atom stereocenters. The van der Waals surface area contributed by atoms with Crippen LogP contribution >= 0.6 is 0 Å². The molecule has 0 aliphatic heterocycles. The maximum atomic E-state index is 11.5. The van der Waals surface area contributed by atoms with Crippen LogP contribution in [-0.2, 0) is 4.79 Å². The molecule has 1 heterocycles. The number of hydrogen-bond acceptors (Lipinski definition) is 5. The Morgan fingerprint density at radius 3 is 2.75 bits per heavy atom. The maximum Gasteiger partial charge on any atom is 0.326 e. The van der Waals surface area contributed by atoms with E-state index in [4.69, 9.17) is 10.2 Å². The third kappa shape index (κ3) is 3.06. The molecule has 0 radical (unpaired) electrons. The molecular weight excluding hydrogens is 216 g/mol. The molecule has 3 N–H and O–H groups in total. The van der Waals surface area contributed by atoms with Crippen molar-refractivity contribution in [2.75, 3.05) is 6.61 Å². The zero-order valence-corrected chi connectivity index (χ0v) is 8.64. The maximum absolute atomic E-state index is 11.5. The Balaban J connectivity index is 2.65. The summed E-state index contributed by atoms with van der Waals surface area (Å²) in [6.45, 7) is 1.31. The normalized spacial score (nSPS) is 12.1. The first-order valence-electron chi connectivity index (χ1n) is 4.62. The topological polar surface area (TPSA) is 113 Å². The Kier molecular flexibility index (Phi) is 4.01. The van der Waals surface area contributed by atoms with Crippen LogP contribution in [0, 0.1) is 6.92 Å². The first kappa shape index (κ1) is 12.2. The molecule has 1 amide bonds. The van der Waals surface area contributed by atoms with Crippen molar-refractivity contribution >= 4 is 11.9 Å². The largest absolute Gasteiger partial charge is 0.480 e. The number of amides is 1. The first-order chi connectivity index (χ1) is 7.54. The number of carboxylic acids is 1. The van der Waals surface area contributed by atoms with E-state index in [0.29, 0.717) is 5.69 Å². The van der Waals surface area contributed by atoms with Crippen LogP contribution in [0.1, 0.15) is 22.7 Å². The van der Waals surface area contributed by atoms with Crippen molar-refractivity contribution in [1.29, 1.82) is 0 Å². The molecular formula is C9H12N2O5. The fraction of sp³-hybridized carbons (Fsp3) is 0.444. The van der Waals surface area contributed by atoms with Crippen molar-refractivity contribution in [2.45, 2.75) is 19.4 Å². The van der Waals surface area contributed by atoms with E-state index >= 15 is 0 Å². The number of aliphatic carboxylic acids is 1. The zero-order chi connectivity index (χ0) is 12.1. The standard InChI is InChI=1S/C9H12N2O5/c1-5-4-7(16-11-5)8(13)10-6(2-3-12)9(14)15/h4,6,12H,2-3H2,1H3,(H,10,13)(H,14,15). The van der Waals surface area contributed by atoms with Gasteiger partial charge in [0.25, 0.3) is 5.91 Å². The van der Waals surface area contributed by atoms with Crippen molar-refractivity contribution in [3.05, 3.63) is 17.5 Å². The van der Waals surface area contributed by atoms with Gasteiger partial charge in [0, 0.05) is 19.1 Å². The molecule has 0 aromatic carbocycles. The van der Waals surface area contributed by atoms with Gasteiger partial charge < -0.3 is 20.1 Å². The molecule has 0 spiro atoms. The van der Waals surface area contributed by atoms with Crippen molar-refractivity contribution < 1.29 is 24.3 Å². The summed E-state index contributed by atoms with van der Waals surface area (Å²) in [6, 6.07) is 0.260. The number of aryl methyl sites for hydroxylation is 1. The lowest BCUT2D eigenvalue weighted by Crippen LogP contribution is -2.41. The molecule has 1 atom stereocenters. The molecule has 1 aromatic heterocycles. The number of rotatable bonds is 5. The predicted molar refractivity (Wildman–Crippen MR) is 51.8 cm³/mol. The van der Waals surface area contributed by atoms with Crippen LogP contribution in [0.3, 0.4) is 0 Å². The molecule has 0 aliphatic carbocycles. The molecule has 1 rings (SSSR count). The summed E-state index contributed by atoms with van der Waals surface area (Å²) in [4.78, 5) is 22.1. The van der Waals surface area contributed by atoms with E-state index in [1.807, 2.05) is 0 Å². The number of aromatic nitrogens is 1. The highest BCUT2D eigenvalue weighted by atomic mass is 16.5. The zero-order valence-electron chi connectivity index (χ0n) is 8.64. The number of nitrogens with one attached hydrogen (secondary N) is 1. The number of carboxylic acid groups (broad SMARTS) is 1. The smallest absolute Gasteiger partial charge is 0.326 e. The minimum atomic E-state index is -1.21. The molecule has 0 bridgehead atoms. The second kappa shape index (κ2) is 5.26. The van der Waals surface area contributed by atoms with Gasteiger partial charge in [-0.3, -0.25) is 4.79 Å². The van der Waals surface area contributed by atoms with Crippen LogP contribution in [0.2, 0.25) is 0 Å². The average Bonchev–Trinajstić information content (AvgIpc) is 2.64. The lowest BCUT2D eigenvalue weighted by atomic mass is 10.2. The number of carbonyl (C=O) groups excluding carboxylic acids is 1. The van der Waals surface area contributed by atoms with Crippen LogP contribution in [0.5, 0.6) is 0 Å². The Bertz CT molecular complexity index is 387. The van der Waals surface area contributed by atoms with E-state index in [9.17, 15) is 9.59 Å². The van der Waals surface area contributed by atoms with Crippen LogP contribution < -0.4 is 5.32 Å². The van der Waals surface area contributed by atoms with Gasteiger partial charge in [0.15, 0.2) is 0 Å². The highest BCUT2D eigenvalue weighted by Crippen LogP contribution is 2.03. The summed E-state index contributed by atoms with van der Waals surface area (Å²) in [6.07, 6.45) is -0.0613. The highest BCUT2D eigenvalue weighted by molar-refractivity contribution is 5.94. The lowest BCUT2D eigenvalue weighted by Gasteiger charge is -2.11. The molecule has 0 aliphatic rings. The summed E-state index contributed by atoms with van der Waals surface area (Å²) >= 11 is 0. The van der Waals surface area contributed by atoms with E-state index < -0.39 is 17.9 Å². The second-order valence-corrected chi connectivity index (χ2v) is 3.21. The molecule has 88 valence electrons. The SMILES string of the molecule is Cc1cc(C(=O)NC(CCO)C(=O)O)on1. The Labute approximate surface area is 91.0 Å². The Morgan fingerprint density at radius 1 is 1.62 bits per heavy atom. The molecule has 0 saturated carbocycles. The van der Waals surface area contributed by atoms with Crippen molar-refractivity contribution in [1.82, 2.24) is 10.5 Å². The van der Waals surface area contributed by atoms with Gasteiger partial charge >= 0.3 is 5.97 Å². The quantitative estimate of drug-likeness (QED) is 0.629. The summed E-state index contributed by atoms with van der Waals surface area (Å²) in [5, 5.41) is 23.1. The van der Waals surface area contributed by atoms with Gasteiger partial charge in [0.2, 0.25) is 5.76 Å². The van der Waals surface area contributed by atoms with Crippen molar-refractivity contribution in [3.63, 3.8) is 0 Å². The van der Waals surface area contributed by atoms with E-state index in [0.717, 1.165) is 0 Å². The minimum Gasteiger partial charge on any atom is -0.480 e. The number of hydrogen-bond donors (Lipinski definition) is 3. The van der Waals surface area contributed by atoms with Gasteiger partial charge in [0.05, 0.1) is 5.69 Å². The van der Waals surface area contributed by atoms with Crippen LogP contribution in [-0.4, -0.2) is 39.9 Å². The summed E-state index contributed by atoms with van der Waals surface area (Å²) < 4.78 is 4.67. The first-order valence-corrected chi connectivity index (χ1v) is 4.62. The molecule has 7 heteroatoms. The Hall–Kier alpha value is -1.89. The summed E-state index contributed by atoms with van der Waals surface area (Å²) in [5.41, 5.74) is 0.527. The van der Waals surface area contributed by atoms with Crippen LogP contribution in [0.25, 0.3) is 0 Å². The summed E-state index contributed by atoms with van der Waals surface area (Å²) in [7, 11) is 0. The number of aliphatic hydroxyl groups is 1. The predicted octanol–water partition coefficient (Wildman–Crippen LogP) is -0.452. The van der Waals surface area contributed by atoms with Crippen molar-refractivity contribution in [2.24, 2.45) is 0 Å². The lowest BCUT2D eigenvalue weighted by molar-refractivity contribution is -0.139. The van der Waals surface area contributed by atoms with E-state index in [1.165, 1.54) is 6.07 Å². The minimum absolute atomic E-state index is 0.0540. The second-order valence-electron chi connectivity index (χ2n) is 3.21. The van der Waals surface area contributed by atoms with Gasteiger partial charge in [-0.05, 0) is 6.92 Å². The highest BCUT2D eigenvalue weighted by Gasteiger charge is 2.21. The fourth-order valence-electron chi connectivity index (χ4n) is 1.09. The number of nitrogens with zero attached hydrogens (tertiary/aromatic N) is 1.